The van der Waals surface area contributed by atoms with Crippen LogP contribution in [0.25, 0.3) is 0 Å². The minimum absolute atomic E-state index is 0.161. The number of carboxylic acids is 2. The van der Waals surface area contributed by atoms with Crippen LogP contribution in [-0.4, -0.2) is 40.9 Å². The molecule has 0 aromatic rings. The summed E-state index contributed by atoms with van der Waals surface area (Å²) in [5, 5.41) is 17.6. The SMILES string of the molecule is O=C(O)CC(CCCCCCCCCCCCS(=O)(=O)O)C(=O)O. The van der Waals surface area contributed by atoms with E-state index in [2.05, 4.69) is 0 Å². The van der Waals surface area contributed by atoms with Crippen molar-refractivity contribution in [1.82, 2.24) is 0 Å². The molecular formula is C16H30O7S. The normalized spacial score (nSPS) is 12.9. The molecule has 0 rings (SSSR count). The van der Waals surface area contributed by atoms with E-state index in [0.29, 0.717) is 12.8 Å². The fraction of sp³-hybridized carbons (Fsp3) is 0.875. The highest BCUT2D eigenvalue weighted by Gasteiger charge is 2.20. The second kappa shape index (κ2) is 13.2. The third-order valence-electron chi connectivity index (χ3n) is 3.98. The van der Waals surface area contributed by atoms with E-state index in [4.69, 9.17) is 14.8 Å². The topological polar surface area (TPSA) is 129 Å². The van der Waals surface area contributed by atoms with Crippen molar-refractivity contribution in [2.75, 3.05) is 5.75 Å². The molecule has 0 saturated heterocycles. The molecule has 142 valence electrons. The fourth-order valence-corrected chi connectivity index (χ4v) is 3.18. The number of hydrogen-bond acceptors (Lipinski definition) is 4. The van der Waals surface area contributed by atoms with E-state index >= 15 is 0 Å². The molecule has 0 saturated carbocycles. The molecule has 1 unspecified atom stereocenters. The van der Waals surface area contributed by atoms with E-state index < -0.39 is 28.0 Å². The summed E-state index contributed by atoms with van der Waals surface area (Å²) in [7, 11) is -3.82. The van der Waals surface area contributed by atoms with E-state index in [1.54, 1.807) is 0 Å². The first kappa shape index (κ1) is 22.9. The van der Waals surface area contributed by atoms with Crippen LogP contribution in [0.2, 0.25) is 0 Å². The minimum Gasteiger partial charge on any atom is -0.481 e. The molecule has 0 aromatic carbocycles. The molecular weight excluding hydrogens is 336 g/mol. The van der Waals surface area contributed by atoms with E-state index in [1.165, 1.54) is 0 Å². The van der Waals surface area contributed by atoms with Crippen LogP contribution in [0.4, 0.5) is 0 Å². The number of unbranched alkanes of at least 4 members (excludes halogenated alkanes) is 9. The standard InChI is InChI=1S/C16H30O7S/c17-15(18)13-14(16(19)20)11-9-7-5-3-1-2-4-6-8-10-12-24(21,22)23/h14H,1-13H2,(H,17,18)(H,19,20)(H,21,22,23). The Morgan fingerprint density at radius 1 is 0.750 bits per heavy atom. The van der Waals surface area contributed by atoms with E-state index in [-0.39, 0.29) is 12.2 Å². The highest BCUT2D eigenvalue weighted by Crippen LogP contribution is 2.16. The summed E-state index contributed by atoms with van der Waals surface area (Å²) in [6.45, 7) is 0. The third kappa shape index (κ3) is 15.7. The van der Waals surface area contributed by atoms with Gasteiger partial charge in [0.1, 0.15) is 0 Å². The summed E-state index contributed by atoms with van der Waals surface area (Å²) in [4.78, 5) is 21.5. The van der Waals surface area contributed by atoms with Gasteiger partial charge in [-0.15, -0.1) is 0 Å². The number of carboxylic acid groups (broad SMARTS) is 2. The van der Waals surface area contributed by atoms with Crippen molar-refractivity contribution >= 4 is 22.1 Å². The Kier molecular flexibility index (Phi) is 12.5. The summed E-state index contributed by atoms with van der Waals surface area (Å²) >= 11 is 0. The van der Waals surface area contributed by atoms with Gasteiger partial charge in [-0.25, -0.2) is 0 Å². The Labute approximate surface area is 144 Å². The highest BCUT2D eigenvalue weighted by molar-refractivity contribution is 7.85. The van der Waals surface area contributed by atoms with E-state index in [9.17, 15) is 18.0 Å². The Hall–Kier alpha value is -1.15. The molecule has 0 aliphatic heterocycles. The van der Waals surface area contributed by atoms with Crippen molar-refractivity contribution in [3.63, 3.8) is 0 Å². The van der Waals surface area contributed by atoms with Crippen molar-refractivity contribution < 1.29 is 32.8 Å². The number of hydrogen-bond donors (Lipinski definition) is 3. The zero-order valence-corrected chi connectivity index (χ0v) is 15.0. The second-order valence-electron chi connectivity index (χ2n) is 6.24. The Morgan fingerprint density at radius 3 is 1.54 bits per heavy atom. The monoisotopic (exact) mass is 366 g/mol. The summed E-state index contributed by atoms with van der Waals surface area (Å²) in [5.74, 6) is -3.05. The zero-order valence-electron chi connectivity index (χ0n) is 14.2. The first-order valence-electron chi connectivity index (χ1n) is 8.62. The lowest BCUT2D eigenvalue weighted by atomic mass is 9.97. The van der Waals surface area contributed by atoms with Gasteiger partial charge < -0.3 is 10.2 Å². The first-order chi connectivity index (χ1) is 11.2. The van der Waals surface area contributed by atoms with Gasteiger partial charge in [-0.05, 0) is 12.8 Å². The summed E-state index contributed by atoms with van der Waals surface area (Å²) in [5.41, 5.74) is 0. The lowest BCUT2D eigenvalue weighted by molar-refractivity contribution is -0.148. The highest BCUT2D eigenvalue weighted by atomic mass is 32.2. The van der Waals surface area contributed by atoms with Crippen molar-refractivity contribution in [1.29, 1.82) is 0 Å². The smallest absolute Gasteiger partial charge is 0.307 e. The molecule has 0 fully saturated rings. The molecule has 0 amide bonds. The average Bonchev–Trinajstić information content (AvgIpc) is 2.45. The maximum atomic E-state index is 10.9. The van der Waals surface area contributed by atoms with Gasteiger partial charge >= 0.3 is 11.9 Å². The molecule has 0 bridgehead atoms. The quantitative estimate of drug-likeness (QED) is 0.282. The van der Waals surface area contributed by atoms with Crippen molar-refractivity contribution in [3.8, 4) is 0 Å². The molecule has 3 N–H and O–H groups in total. The van der Waals surface area contributed by atoms with Crippen molar-refractivity contribution in [2.24, 2.45) is 5.92 Å². The molecule has 7 nitrogen and oxygen atoms in total. The van der Waals surface area contributed by atoms with E-state index in [0.717, 1.165) is 57.8 Å². The number of rotatable bonds is 16. The third-order valence-corrected chi connectivity index (χ3v) is 4.78. The largest absolute Gasteiger partial charge is 0.481 e. The summed E-state index contributed by atoms with van der Waals surface area (Å²) < 4.78 is 29.6. The molecule has 0 spiro atoms. The van der Waals surface area contributed by atoms with Gasteiger partial charge in [-0.2, -0.15) is 8.42 Å². The molecule has 8 heteroatoms. The lowest BCUT2D eigenvalue weighted by Gasteiger charge is -2.09. The Bertz CT molecular complexity index is 459. The van der Waals surface area contributed by atoms with E-state index in [1.807, 2.05) is 0 Å². The molecule has 0 aliphatic carbocycles. The van der Waals surface area contributed by atoms with Crippen LogP contribution in [0.5, 0.6) is 0 Å². The molecule has 1 atom stereocenters. The molecule has 0 radical (unpaired) electrons. The van der Waals surface area contributed by atoms with Gasteiger partial charge in [-0.1, -0.05) is 57.8 Å². The average molecular weight is 366 g/mol. The van der Waals surface area contributed by atoms with Gasteiger partial charge in [-0.3, -0.25) is 14.1 Å². The fourth-order valence-electron chi connectivity index (χ4n) is 2.61. The molecule has 0 aromatic heterocycles. The Morgan fingerprint density at radius 2 is 1.17 bits per heavy atom. The Balaban J connectivity index is 3.41. The van der Waals surface area contributed by atoms with Gasteiger partial charge in [0, 0.05) is 0 Å². The maximum absolute atomic E-state index is 10.9. The molecule has 0 aliphatic rings. The summed E-state index contributed by atoms with van der Waals surface area (Å²) in [6, 6.07) is 0. The van der Waals surface area contributed by atoms with Gasteiger partial charge in [0.2, 0.25) is 0 Å². The van der Waals surface area contributed by atoms with Crippen LogP contribution in [0.15, 0.2) is 0 Å². The predicted octanol–water partition coefficient (Wildman–Crippen LogP) is 3.34. The molecule has 0 heterocycles. The van der Waals surface area contributed by atoms with Crippen LogP contribution in [0.1, 0.15) is 77.0 Å². The molecule has 24 heavy (non-hydrogen) atoms. The zero-order chi connectivity index (χ0) is 18.4. The lowest BCUT2D eigenvalue weighted by Crippen LogP contribution is -2.17. The maximum Gasteiger partial charge on any atom is 0.307 e. The number of aliphatic carboxylic acids is 2. The van der Waals surface area contributed by atoms with Crippen LogP contribution >= 0.6 is 0 Å². The van der Waals surface area contributed by atoms with Crippen LogP contribution in [0.3, 0.4) is 0 Å². The van der Waals surface area contributed by atoms with Crippen LogP contribution < -0.4 is 0 Å². The van der Waals surface area contributed by atoms with Gasteiger partial charge in [0.15, 0.2) is 0 Å². The number of carbonyl (C=O) groups is 2. The van der Waals surface area contributed by atoms with Crippen LogP contribution in [0, 0.1) is 5.92 Å². The van der Waals surface area contributed by atoms with Crippen LogP contribution in [-0.2, 0) is 19.7 Å². The second-order valence-corrected chi connectivity index (χ2v) is 7.82. The minimum atomic E-state index is -3.82. The van der Waals surface area contributed by atoms with Gasteiger partial charge in [0.25, 0.3) is 10.1 Å². The first-order valence-corrected chi connectivity index (χ1v) is 10.2. The van der Waals surface area contributed by atoms with Gasteiger partial charge in [0.05, 0.1) is 18.1 Å². The van der Waals surface area contributed by atoms with Crippen molar-refractivity contribution in [3.05, 3.63) is 0 Å². The summed E-state index contributed by atoms with van der Waals surface area (Å²) in [6.07, 6.45) is 9.33. The van der Waals surface area contributed by atoms with Crippen molar-refractivity contribution in [2.45, 2.75) is 77.0 Å². The predicted molar refractivity (Wildman–Crippen MR) is 90.6 cm³/mol.